The van der Waals surface area contributed by atoms with Crippen LogP contribution in [-0.4, -0.2) is 58.2 Å². The van der Waals surface area contributed by atoms with Crippen LogP contribution in [0.25, 0.3) is 11.1 Å². The molecule has 0 saturated heterocycles. The summed E-state index contributed by atoms with van der Waals surface area (Å²) in [5.41, 5.74) is 3.00. The van der Waals surface area contributed by atoms with Gasteiger partial charge in [0.25, 0.3) is 0 Å². The SMILES string of the molecule is CC(C)COC(=O)Nc1cccc(Cc2n[nH]cc(-c3cnn(CCCN(C)C)c3)c2=O)c1. The normalized spacial score (nSPS) is 11.2. The molecule has 0 fully saturated rings. The minimum absolute atomic E-state index is 0.142. The lowest BCUT2D eigenvalue weighted by molar-refractivity contribution is 0.147. The summed E-state index contributed by atoms with van der Waals surface area (Å²) in [6.45, 7) is 6.06. The largest absolute Gasteiger partial charge is 0.449 e. The summed E-state index contributed by atoms with van der Waals surface area (Å²) in [5.74, 6) is 0.261. The average Bonchev–Trinajstić information content (AvgIpc) is 3.22. The molecule has 1 amide bonds. The second-order valence-electron chi connectivity index (χ2n) is 8.72. The smallest absolute Gasteiger partial charge is 0.411 e. The Bertz CT molecular complexity index is 1120. The van der Waals surface area contributed by atoms with Crippen LogP contribution in [-0.2, 0) is 17.7 Å². The van der Waals surface area contributed by atoms with Crippen molar-refractivity contribution in [2.45, 2.75) is 33.2 Å². The number of anilines is 1. The molecule has 0 radical (unpaired) electrons. The second-order valence-corrected chi connectivity index (χ2v) is 8.72. The lowest BCUT2D eigenvalue weighted by Crippen LogP contribution is -2.17. The van der Waals surface area contributed by atoms with E-state index in [1.165, 1.54) is 0 Å². The Morgan fingerprint density at radius 1 is 1.30 bits per heavy atom. The fourth-order valence-corrected chi connectivity index (χ4v) is 3.30. The van der Waals surface area contributed by atoms with Crippen molar-refractivity contribution in [3.63, 3.8) is 0 Å². The molecule has 2 heterocycles. The number of rotatable bonds is 10. The van der Waals surface area contributed by atoms with E-state index in [4.69, 9.17) is 4.74 Å². The van der Waals surface area contributed by atoms with Crippen molar-refractivity contribution >= 4 is 11.8 Å². The minimum Gasteiger partial charge on any atom is -0.449 e. The van der Waals surface area contributed by atoms with Gasteiger partial charge >= 0.3 is 6.09 Å². The van der Waals surface area contributed by atoms with Crippen molar-refractivity contribution in [1.82, 2.24) is 24.9 Å². The van der Waals surface area contributed by atoms with Crippen LogP contribution in [0.4, 0.5) is 10.5 Å². The van der Waals surface area contributed by atoms with Crippen LogP contribution in [0.2, 0.25) is 0 Å². The molecule has 33 heavy (non-hydrogen) atoms. The first kappa shape index (κ1) is 24.2. The van der Waals surface area contributed by atoms with Gasteiger partial charge in [0, 0.05) is 36.6 Å². The zero-order chi connectivity index (χ0) is 23.8. The van der Waals surface area contributed by atoms with E-state index in [-0.39, 0.29) is 11.3 Å². The maximum Gasteiger partial charge on any atom is 0.411 e. The number of carbonyl (C=O) groups is 1. The van der Waals surface area contributed by atoms with Crippen molar-refractivity contribution in [2.24, 2.45) is 5.92 Å². The highest BCUT2D eigenvalue weighted by Gasteiger charge is 2.13. The third-order valence-corrected chi connectivity index (χ3v) is 4.94. The second kappa shape index (κ2) is 11.4. The van der Waals surface area contributed by atoms with Gasteiger partial charge in [0.15, 0.2) is 0 Å². The average molecular weight is 453 g/mol. The van der Waals surface area contributed by atoms with Gasteiger partial charge in [-0.3, -0.25) is 19.9 Å². The molecule has 3 aromatic rings. The molecule has 0 unspecified atom stereocenters. The Kier molecular flexibility index (Phi) is 8.37. The van der Waals surface area contributed by atoms with Gasteiger partial charge in [0.1, 0.15) is 5.69 Å². The molecule has 2 aromatic heterocycles. The highest BCUT2D eigenvalue weighted by Crippen LogP contribution is 2.16. The predicted molar refractivity (Wildman–Crippen MR) is 128 cm³/mol. The molecular formula is C24H32N6O3. The summed E-state index contributed by atoms with van der Waals surface area (Å²) in [6.07, 6.45) is 6.00. The first-order valence-corrected chi connectivity index (χ1v) is 11.1. The van der Waals surface area contributed by atoms with Crippen molar-refractivity contribution in [2.75, 3.05) is 32.6 Å². The fourth-order valence-electron chi connectivity index (χ4n) is 3.30. The molecule has 0 atom stereocenters. The Balaban J connectivity index is 1.70. The molecule has 176 valence electrons. The lowest BCUT2D eigenvalue weighted by atomic mass is 10.1. The molecule has 9 heteroatoms. The molecule has 0 spiro atoms. The van der Waals surface area contributed by atoms with Gasteiger partial charge in [-0.1, -0.05) is 26.0 Å². The number of amides is 1. The van der Waals surface area contributed by atoms with Gasteiger partial charge in [-0.25, -0.2) is 4.79 Å². The number of benzene rings is 1. The molecule has 1 aromatic carbocycles. The van der Waals surface area contributed by atoms with E-state index in [2.05, 4.69) is 25.5 Å². The Morgan fingerprint density at radius 2 is 2.12 bits per heavy atom. The Morgan fingerprint density at radius 3 is 2.88 bits per heavy atom. The maximum atomic E-state index is 13.1. The van der Waals surface area contributed by atoms with E-state index in [1.54, 1.807) is 18.5 Å². The summed E-state index contributed by atoms with van der Waals surface area (Å²) in [5, 5.41) is 14.1. The van der Waals surface area contributed by atoms with Crippen LogP contribution >= 0.6 is 0 Å². The van der Waals surface area contributed by atoms with Gasteiger partial charge in [-0.2, -0.15) is 10.2 Å². The number of aromatic nitrogens is 4. The van der Waals surface area contributed by atoms with Crippen LogP contribution in [0.3, 0.4) is 0 Å². The van der Waals surface area contributed by atoms with Gasteiger partial charge in [0.05, 0.1) is 18.4 Å². The quantitative estimate of drug-likeness (QED) is 0.489. The lowest BCUT2D eigenvalue weighted by Gasteiger charge is -2.10. The van der Waals surface area contributed by atoms with Crippen LogP contribution in [0.15, 0.2) is 47.7 Å². The molecule has 3 rings (SSSR count). The number of aromatic amines is 1. The zero-order valence-corrected chi connectivity index (χ0v) is 19.7. The summed E-state index contributed by atoms with van der Waals surface area (Å²) in [4.78, 5) is 27.1. The molecule has 0 aliphatic carbocycles. The van der Waals surface area contributed by atoms with Crippen LogP contribution < -0.4 is 10.7 Å². The van der Waals surface area contributed by atoms with E-state index < -0.39 is 6.09 Å². The van der Waals surface area contributed by atoms with Gasteiger partial charge < -0.3 is 9.64 Å². The molecule has 0 aliphatic heterocycles. The van der Waals surface area contributed by atoms with Crippen molar-refractivity contribution in [3.8, 4) is 11.1 Å². The molecule has 2 N–H and O–H groups in total. The molecule has 0 aliphatic rings. The number of nitrogens with one attached hydrogen (secondary N) is 2. The predicted octanol–water partition coefficient (Wildman–Crippen LogP) is 3.38. The van der Waals surface area contributed by atoms with Crippen LogP contribution in [0.5, 0.6) is 0 Å². The number of ether oxygens (including phenoxy) is 1. The van der Waals surface area contributed by atoms with Crippen molar-refractivity contribution < 1.29 is 9.53 Å². The summed E-state index contributed by atoms with van der Waals surface area (Å²) in [7, 11) is 4.08. The number of aryl methyl sites for hydroxylation is 1. The van der Waals surface area contributed by atoms with Crippen LogP contribution in [0.1, 0.15) is 31.5 Å². The number of H-pyrrole nitrogens is 1. The zero-order valence-electron chi connectivity index (χ0n) is 19.7. The van der Waals surface area contributed by atoms with E-state index >= 15 is 0 Å². The number of carbonyl (C=O) groups excluding carboxylic acids is 1. The van der Waals surface area contributed by atoms with E-state index in [1.807, 2.05) is 57.0 Å². The molecule has 0 saturated carbocycles. The van der Waals surface area contributed by atoms with E-state index in [9.17, 15) is 9.59 Å². The van der Waals surface area contributed by atoms with Gasteiger partial charge in [-0.05, 0) is 50.7 Å². The van der Waals surface area contributed by atoms with Gasteiger partial charge in [-0.15, -0.1) is 0 Å². The first-order chi connectivity index (χ1) is 15.8. The highest BCUT2D eigenvalue weighted by molar-refractivity contribution is 5.84. The molecule has 9 nitrogen and oxygen atoms in total. The Labute approximate surface area is 193 Å². The highest BCUT2D eigenvalue weighted by atomic mass is 16.5. The summed E-state index contributed by atoms with van der Waals surface area (Å²) < 4.78 is 7.01. The first-order valence-electron chi connectivity index (χ1n) is 11.1. The monoisotopic (exact) mass is 452 g/mol. The summed E-state index contributed by atoms with van der Waals surface area (Å²) in [6, 6.07) is 7.30. The third-order valence-electron chi connectivity index (χ3n) is 4.94. The maximum absolute atomic E-state index is 13.1. The standard InChI is InChI=1S/C24H32N6O3/c1-17(2)16-33-24(32)27-20-8-5-7-18(11-20)12-22-23(31)21(14-25-28-22)19-13-26-30(15-19)10-6-9-29(3)4/h5,7-8,11,13-15,17H,6,9-10,12,16H2,1-4H3,(H,25,31)(H,27,32). The summed E-state index contributed by atoms with van der Waals surface area (Å²) >= 11 is 0. The van der Waals surface area contributed by atoms with Crippen molar-refractivity contribution in [1.29, 1.82) is 0 Å². The number of hydrogen-bond donors (Lipinski definition) is 2. The molecular weight excluding hydrogens is 420 g/mol. The van der Waals surface area contributed by atoms with E-state index in [0.717, 1.165) is 30.6 Å². The minimum atomic E-state index is -0.499. The fraction of sp³-hybridized carbons (Fsp3) is 0.417. The van der Waals surface area contributed by atoms with Gasteiger partial charge in [0.2, 0.25) is 5.43 Å². The van der Waals surface area contributed by atoms with E-state index in [0.29, 0.717) is 30.0 Å². The topological polar surface area (TPSA) is 105 Å². The van der Waals surface area contributed by atoms with Crippen molar-refractivity contribution in [3.05, 3.63) is 64.3 Å². The number of hydrogen-bond acceptors (Lipinski definition) is 6. The third kappa shape index (κ3) is 7.28. The Hall–Kier alpha value is -3.46. The van der Waals surface area contributed by atoms with Crippen LogP contribution in [0, 0.1) is 5.92 Å². The molecule has 0 bridgehead atoms. The number of nitrogens with zero attached hydrogens (tertiary/aromatic N) is 4.